The Balaban J connectivity index is 2.19. The van der Waals surface area contributed by atoms with Crippen LogP contribution in [0.3, 0.4) is 0 Å². The zero-order chi connectivity index (χ0) is 7.56. The first-order chi connectivity index (χ1) is 4.70. The maximum atomic E-state index is 10.3. The summed E-state index contributed by atoms with van der Waals surface area (Å²) in [5.74, 6) is 0. The van der Waals surface area contributed by atoms with Gasteiger partial charge in [0, 0.05) is 12.1 Å². The molecule has 1 rings (SSSR count). The fourth-order valence-electron chi connectivity index (χ4n) is 1.06. The van der Waals surface area contributed by atoms with Crippen molar-refractivity contribution in [1.82, 2.24) is 10.6 Å². The molecule has 2 unspecified atom stereocenters. The molecule has 0 aliphatic carbocycles. The highest BCUT2D eigenvalue weighted by Crippen LogP contribution is 2.05. The van der Waals surface area contributed by atoms with Crippen LogP contribution in [0.1, 0.15) is 13.3 Å². The average molecular weight is 143 g/mol. The Morgan fingerprint density at radius 3 is 2.80 bits per heavy atom. The molecule has 0 bridgehead atoms. The summed E-state index contributed by atoms with van der Waals surface area (Å²) in [6, 6.07) is 0.139. The fourth-order valence-corrected chi connectivity index (χ4v) is 1.06. The maximum absolute atomic E-state index is 10.3. The van der Waals surface area contributed by atoms with E-state index in [0.717, 1.165) is 13.0 Å². The summed E-state index contributed by atoms with van der Waals surface area (Å²) in [6.45, 7) is 3.00. The van der Waals surface area contributed by atoms with Crippen LogP contribution in [0.15, 0.2) is 0 Å². The average Bonchev–Trinajstić information content (AvgIpc) is 1.55. The Labute approximate surface area is 60.2 Å². The van der Waals surface area contributed by atoms with Crippen molar-refractivity contribution < 1.29 is 4.79 Å². The van der Waals surface area contributed by atoms with Gasteiger partial charge in [-0.05, 0) is 19.9 Å². The van der Waals surface area contributed by atoms with Gasteiger partial charge in [-0.1, -0.05) is 0 Å². The predicted octanol–water partition coefficient (Wildman–Crippen LogP) is -0.595. The van der Waals surface area contributed by atoms with E-state index in [9.17, 15) is 4.79 Å². The van der Waals surface area contributed by atoms with E-state index in [1.807, 2.05) is 6.92 Å². The number of nitrogens with two attached hydrogens (primary N) is 1. The predicted molar refractivity (Wildman–Crippen MR) is 38.6 cm³/mol. The molecule has 58 valence electrons. The first-order valence-electron chi connectivity index (χ1n) is 3.49. The van der Waals surface area contributed by atoms with Crippen LogP contribution in [0, 0.1) is 0 Å². The molecule has 4 heteroatoms. The van der Waals surface area contributed by atoms with E-state index in [1.54, 1.807) is 0 Å². The van der Waals surface area contributed by atoms with Crippen molar-refractivity contribution in [3.05, 3.63) is 0 Å². The largest absolute Gasteiger partial charge is 0.352 e. The topological polar surface area (TPSA) is 67.1 Å². The lowest BCUT2D eigenvalue weighted by molar-refractivity contribution is 0.235. The standard InChI is InChI=1S/C6H13N3O/c1-4(9-6(7)10)5-2-3-8-5/h4-5,8H,2-3H2,1H3,(H3,7,9,10). The molecule has 0 aromatic rings. The minimum absolute atomic E-state index is 0.159. The summed E-state index contributed by atoms with van der Waals surface area (Å²) in [6.07, 6.45) is 1.13. The highest BCUT2D eigenvalue weighted by atomic mass is 16.2. The van der Waals surface area contributed by atoms with Crippen molar-refractivity contribution >= 4 is 6.03 Å². The van der Waals surface area contributed by atoms with Gasteiger partial charge >= 0.3 is 6.03 Å². The summed E-state index contributed by atoms with van der Waals surface area (Å²) in [7, 11) is 0. The van der Waals surface area contributed by atoms with Gasteiger partial charge in [0.1, 0.15) is 0 Å². The third-order valence-corrected chi connectivity index (χ3v) is 1.84. The molecule has 4 nitrogen and oxygen atoms in total. The van der Waals surface area contributed by atoms with Gasteiger partial charge in [-0.25, -0.2) is 4.79 Å². The molecular formula is C6H13N3O. The van der Waals surface area contributed by atoms with Gasteiger partial charge in [0.15, 0.2) is 0 Å². The molecule has 0 spiro atoms. The number of carbonyl (C=O) groups excluding carboxylic acids is 1. The van der Waals surface area contributed by atoms with E-state index in [0.29, 0.717) is 6.04 Å². The first kappa shape index (κ1) is 7.34. The van der Waals surface area contributed by atoms with Gasteiger partial charge in [0.2, 0.25) is 0 Å². The second-order valence-electron chi connectivity index (χ2n) is 2.65. The van der Waals surface area contributed by atoms with E-state index in [1.165, 1.54) is 0 Å². The van der Waals surface area contributed by atoms with Crippen molar-refractivity contribution in [1.29, 1.82) is 0 Å². The second kappa shape index (κ2) is 2.88. The number of carbonyl (C=O) groups is 1. The molecule has 0 radical (unpaired) electrons. The number of rotatable bonds is 2. The van der Waals surface area contributed by atoms with Crippen molar-refractivity contribution in [2.75, 3.05) is 6.54 Å². The number of hydrogen-bond donors (Lipinski definition) is 3. The second-order valence-corrected chi connectivity index (χ2v) is 2.65. The summed E-state index contributed by atoms with van der Waals surface area (Å²) in [4.78, 5) is 10.3. The quantitative estimate of drug-likeness (QED) is 0.483. The van der Waals surface area contributed by atoms with Gasteiger partial charge in [-0.2, -0.15) is 0 Å². The molecule has 2 atom stereocenters. The van der Waals surface area contributed by atoms with Crippen LogP contribution in [-0.2, 0) is 0 Å². The Bertz CT molecular complexity index is 133. The van der Waals surface area contributed by atoms with Crippen molar-refractivity contribution in [3.63, 3.8) is 0 Å². The number of amides is 2. The van der Waals surface area contributed by atoms with Crippen LogP contribution >= 0.6 is 0 Å². The van der Waals surface area contributed by atoms with Crippen LogP contribution in [0.25, 0.3) is 0 Å². The molecule has 1 fully saturated rings. The van der Waals surface area contributed by atoms with Crippen LogP contribution in [-0.4, -0.2) is 24.7 Å². The minimum Gasteiger partial charge on any atom is -0.352 e. The molecule has 0 saturated carbocycles. The van der Waals surface area contributed by atoms with Crippen molar-refractivity contribution in [2.24, 2.45) is 5.73 Å². The van der Waals surface area contributed by atoms with Gasteiger partial charge in [-0.3, -0.25) is 0 Å². The first-order valence-corrected chi connectivity index (χ1v) is 3.49. The fraction of sp³-hybridized carbons (Fsp3) is 0.833. The highest BCUT2D eigenvalue weighted by Gasteiger charge is 2.23. The summed E-state index contributed by atoms with van der Waals surface area (Å²) < 4.78 is 0. The van der Waals surface area contributed by atoms with E-state index >= 15 is 0 Å². The number of hydrogen-bond acceptors (Lipinski definition) is 2. The summed E-state index contributed by atoms with van der Waals surface area (Å²) in [5.41, 5.74) is 4.93. The summed E-state index contributed by atoms with van der Waals surface area (Å²) in [5, 5.41) is 5.80. The Morgan fingerprint density at radius 1 is 1.90 bits per heavy atom. The van der Waals surface area contributed by atoms with Gasteiger partial charge < -0.3 is 16.4 Å². The molecule has 1 saturated heterocycles. The van der Waals surface area contributed by atoms with Gasteiger partial charge in [0.05, 0.1) is 0 Å². The molecule has 1 aliphatic rings. The van der Waals surface area contributed by atoms with Crippen LogP contribution in [0.2, 0.25) is 0 Å². The molecule has 0 aromatic heterocycles. The summed E-state index contributed by atoms with van der Waals surface area (Å²) >= 11 is 0. The van der Waals surface area contributed by atoms with Crippen molar-refractivity contribution in [2.45, 2.75) is 25.4 Å². The number of nitrogens with one attached hydrogen (secondary N) is 2. The third-order valence-electron chi connectivity index (χ3n) is 1.84. The van der Waals surface area contributed by atoms with Crippen LogP contribution in [0.4, 0.5) is 4.79 Å². The third kappa shape index (κ3) is 1.60. The molecule has 2 amide bonds. The van der Waals surface area contributed by atoms with Gasteiger partial charge in [-0.15, -0.1) is 0 Å². The lowest BCUT2D eigenvalue weighted by Crippen LogP contribution is -2.56. The molecular weight excluding hydrogens is 130 g/mol. The zero-order valence-electron chi connectivity index (χ0n) is 6.05. The van der Waals surface area contributed by atoms with E-state index in [4.69, 9.17) is 5.73 Å². The van der Waals surface area contributed by atoms with Crippen LogP contribution in [0.5, 0.6) is 0 Å². The SMILES string of the molecule is CC(NC(N)=O)C1CCN1. The molecule has 10 heavy (non-hydrogen) atoms. The number of urea groups is 1. The van der Waals surface area contributed by atoms with Gasteiger partial charge in [0.25, 0.3) is 0 Å². The lowest BCUT2D eigenvalue weighted by atomic mass is 10.0. The Kier molecular flexibility index (Phi) is 2.11. The molecule has 1 aliphatic heterocycles. The smallest absolute Gasteiger partial charge is 0.312 e. The Hall–Kier alpha value is -0.770. The molecule has 4 N–H and O–H groups in total. The van der Waals surface area contributed by atoms with Crippen LogP contribution < -0.4 is 16.4 Å². The molecule has 1 heterocycles. The normalized spacial score (nSPS) is 26.7. The van der Waals surface area contributed by atoms with E-state index in [2.05, 4.69) is 10.6 Å². The lowest BCUT2D eigenvalue weighted by Gasteiger charge is -2.32. The molecule has 0 aromatic carbocycles. The van der Waals surface area contributed by atoms with Crippen molar-refractivity contribution in [3.8, 4) is 0 Å². The zero-order valence-corrected chi connectivity index (χ0v) is 6.05. The number of primary amides is 1. The Morgan fingerprint density at radius 2 is 2.50 bits per heavy atom. The maximum Gasteiger partial charge on any atom is 0.312 e. The van der Waals surface area contributed by atoms with E-state index < -0.39 is 6.03 Å². The van der Waals surface area contributed by atoms with E-state index in [-0.39, 0.29) is 6.04 Å². The monoisotopic (exact) mass is 143 g/mol. The minimum atomic E-state index is -0.443. The highest BCUT2D eigenvalue weighted by molar-refractivity contribution is 5.72.